The minimum atomic E-state index is -1.80. The lowest BCUT2D eigenvalue weighted by Gasteiger charge is -2.42. The maximum absolute atomic E-state index is 13.9. The monoisotopic (exact) mass is 976 g/mol. The molecule has 1 saturated carbocycles. The van der Waals surface area contributed by atoms with Crippen molar-refractivity contribution in [1.82, 2.24) is 0 Å². The summed E-state index contributed by atoms with van der Waals surface area (Å²) in [4.78, 5) is 53.6. The molecule has 0 bridgehead atoms. The summed E-state index contributed by atoms with van der Waals surface area (Å²) < 4.78 is 55.5. The van der Waals surface area contributed by atoms with Crippen molar-refractivity contribution in [3.8, 4) is 0 Å². The third kappa shape index (κ3) is 11.9. The van der Waals surface area contributed by atoms with Crippen LogP contribution in [0.1, 0.15) is 40.0 Å². The molecule has 0 unspecified atom stereocenters. The Bertz CT molecular complexity index is 1860. The van der Waals surface area contributed by atoms with Crippen LogP contribution in [0.15, 0.2) is 47.0 Å². The molecule has 5 aliphatic rings. The molecule has 0 aromatic heterocycles. The number of allylic oxidation sites excluding steroid dienone is 2. The predicted octanol–water partition coefficient (Wildman–Crippen LogP) is -3.32. The number of ether oxygens (including phenoxy) is 10. The molecule has 0 radical (unpaired) electrons. The summed E-state index contributed by atoms with van der Waals surface area (Å²) in [6, 6.07) is 0. The second-order valence-electron chi connectivity index (χ2n) is 17.1. The van der Waals surface area contributed by atoms with Gasteiger partial charge in [-0.1, -0.05) is 19.1 Å². The van der Waals surface area contributed by atoms with Crippen molar-refractivity contribution in [2.45, 2.75) is 120 Å². The van der Waals surface area contributed by atoms with E-state index in [0.717, 1.165) is 26.7 Å². The number of hydrogen-bond acceptors (Lipinski definition) is 24. The molecular weight excluding hydrogens is 912 g/mol. The van der Waals surface area contributed by atoms with E-state index in [9.17, 15) is 70.2 Å². The van der Waals surface area contributed by atoms with Crippen molar-refractivity contribution in [1.29, 1.82) is 0 Å². The summed E-state index contributed by atoms with van der Waals surface area (Å²) in [5.41, 5.74) is 0.144. The van der Waals surface area contributed by atoms with Crippen LogP contribution in [0.5, 0.6) is 0 Å². The van der Waals surface area contributed by atoms with Gasteiger partial charge in [0.15, 0.2) is 12.6 Å². The zero-order valence-corrected chi connectivity index (χ0v) is 38.1. The van der Waals surface area contributed by atoms with E-state index in [1.54, 1.807) is 20.8 Å². The maximum atomic E-state index is 13.9. The fourth-order valence-corrected chi connectivity index (χ4v) is 9.36. The molecule has 0 amide bonds. The molecule has 0 aromatic carbocycles. The first kappa shape index (κ1) is 54.8. The molecule has 68 heavy (non-hydrogen) atoms. The van der Waals surface area contributed by atoms with Gasteiger partial charge >= 0.3 is 23.9 Å². The SMILES string of the molecule is CC=C1[C@H](O[C@@H]2O[C@H](CO)[C@@H](O)[C@H](O)[C@H]2O)OC=C(C(=O)OC)[C@H]1CC(=O)OC[C@H]1[C@H](C(CO)CO)[C@@H](OC(=O)C[C@@H]2C(C(=O)OC)=CO[C@@H](O[C@@H]3O[C@H](CO)[C@@H](O)[C@H](O)[C@H]3O)/C2=C/C)C[C@@H]1C. The molecule has 24 nitrogen and oxygen atoms in total. The molecule has 0 aromatic rings. The van der Waals surface area contributed by atoms with Crippen molar-refractivity contribution in [3.63, 3.8) is 0 Å². The smallest absolute Gasteiger partial charge is 0.337 e. The third-order valence-corrected chi connectivity index (χ3v) is 13.2. The summed E-state index contributed by atoms with van der Waals surface area (Å²) in [7, 11) is 2.23. The van der Waals surface area contributed by atoms with Crippen molar-refractivity contribution in [2.24, 2.45) is 35.5 Å². The number of carbonyl (C=O) groups is 4. The van der Waals surface area contributed by atoms with E-state index in [1.807, 2.05) is 0 Å². The molecule has 10 N–H and O–H groups in total. The lowest BCUT2D eigenvalue weighted by molar-refractivity contribution is -0.327. The third-order valence-electron chi connectivity index (χ3n) is 13.2. The number of esters is 4. The summed E-state index contributed by atoms with van der Waals surface area (Å²) in [6.07, 6.45) is -16.0. The number of methoxy groups -OCH3 is 2. The van der Waals surface area contributed by atoms with Gasteiger partial charge in [0.05, 0.1) is 70.6 Å². The average molecular weight is 977 g/mol. The van der Waals surface area contributed by atoms with Crippen LogP contribution in [-0.2, 0) is 66.5 Å². The zero-order chi connectivity index (χ0) is 50.1. The number of aliphatic hydroxyl groups is 10. The number of aliphatic hydroxyl groups excluding tert-OH is 10. The van der Waals surface area contributed by atoms with Gasteiger partial charge in [-0.3, -0.25) is 9.59 Å². The molecule has 2 saturated heterocycles. The number of hydrogen-bond donors (Lipinski definition) is 10. The van der Waals surface area contributed by atoms with Gasteiger partial charge in [0, 0.05) is 53.9 Å². The van der Waals surface area contributed by atoms with Crippen LogP contribution in [-0.4, -0.2) is 202 Å². The largest absolute Gasteiger partial charge is 0.468 e. The van der Waals surface area contributed by atoms with E-state index < -0.39 is 173 Å². The Hall–Kier alpha value is -4.12. The van der Waals surface area contributed by atoms with E-state index in [2.05, 4.69) is 0 Å². The Kier molecular flexibility index (Phi) is 19.9. The van der Waals surface area contributed by atoms with Gasteiger partial charge in [-0.05, 0) is 26.2 Å². The van der Waals surface area contributed by atoms with Crippen LogP contribution in [0.3, 0.4) is 0 Å². The Morgan fingerprint density at radius 2 is 1.12 bits per heavy atom. The van der Waals surface area contributed by atoms with Crippen molar-refractivity contribution < 1.29 is 118 Å². The van der Waals surface area contributed by atoms with E-state index in [-0.39, 0.29) is 41.2 Å². The highest BCUT2D eigenvalue weighted by Crippen LogP contribution is 2.45. The van der Waals surface area contributed by atoms with Gasteiger partial charge in [-0.25, -0.2) is 9.59 Å². The molecule has 0 spiro atoms. The van der Waals surface area contributed by atoms with Crippen LogP contribution in [0.25, 0.3) is 0 Å². The predicted molar refractivity (Wildman–Crippen MR) is 223 cm³/mol. The first-order valence-corrected chi connectivity index (χ1v) is 22.1. The fourth-order valence-electron chi connectivity index (χ4n) is 9.36. The van der Waals surface area contributed by atoms with Gasteiger partial charge < -0.3 is 98.4 Å². The molecule has 3 fully saturated rings. The minimum absolute atomic E-state index is 0.103. The highest BCUT2D eigenvalue weighted by atomic mass is 16.8. The Morgan fingerprint density at radius 1 is 0.676 bits per heavy atom. The van der Waals surface area contributed by atoms with Gasteiger partial charge in [-0.2, -0.15) is 0 Å². The second kappa shape index (κ2) is 24.6. The van der Waals surface area contributed by atoms with Gasteiger partial charge in [-0.15, -0.1) is 0 Å². The highest BCUT2D eigenvalue weighted by Gasteiger charge is 2.51. The van der Waals surface area contributed by atoms with Crippen LogP contribution in [0.2, 0.25) is 0 Å². The van der Waals surface area contributed by atoms with Crippen molar-refractivity contribution in [3.05, 3.63) is 47.0 Å². The summed E-state index contributed by atoms with van der Waals surface area (Å²) in [6.45, 7) is 2.07. The Morgan fingerprint density at radius 3 is 1.51 bits per heavy atom. The lowest BCUT2D eigenvalue weighted by Crippen LogP contribution is -2.60. The van der Waals surface area contributed by atoms with Crippen molar-refractivity contribution >= 4 is 23.9 Å². The van der Waals surface area contributed by atoms with Gasteiger partial charge in [0.1, 0.15) is 54.9 Å². The fraction of sp³-hybridized carbons (Fsp3) is 0.727. The van der Waals surface area contributed by atoms with E-state index >= 15 is 0 Å². The quantitative estimate of drug-likeness (QED) is 0.0365. The van der Waals surface area contributed by atoms with E-state index in [0.29, 0.717) is 0 Å². The molecule has 18 atom stereocenters. The van der Waals surface area contributed by atoms with Gasteiger partial charge in [0.25, 0.3) is 0 Å². The minimum Gasteiger partial charge on any atom is -0.468 e. The van der Waals surface area contributed by atoms with Crippen molar-refractivity contribution in [2.75, 3.05) is 47.3 Å². The summed E-state index contributed by atoms with van der Waals surface area (Å²) in [5, 5.41) is 102. The standard InChI is InChI=1S/C44H64O24/c1-6-20-22(25(39(57)59-4)16-62-41(20)67-43-37(55)35(53)33(51)28(13-47)65-43)9-30(49)61-15-24-18(3)8-27(32(24)19(11-45)12-46)64-31(50)10-23-21(7-2)42(63-17-26(23)40(58)60-5)68-44-38(56)36(54)34(52)29(14-48)66-44/h6-7,16-19,22-24,27-29,32-38,41-48,51-56H,8-15H2,1-5H3/b20-6?,21-7+/t18-,22-,23-,24+,27-,28+,29+,32-,33+,34+,35-,36-,37+,38+,41-,42-,43-,44-/m0/s1. The Labute approximate surface area is 390 Å². The van der Waals surface area contributed by atoms with Crippen LogP contribution < -0.4 is 0 Å². The van der Waals surface area contributed by atoms with Crippen LogP contribution >= 0.6 is 0 Å². The normalized spacial score (nSPS) is 38.5. The highest BCUT2D eigenvalue weighted by molar-refractivity contribution is 5.91. The van der Waals surface area contributed by atoms with Gasteiger partial charge in [0.2, 0.25) is 12.6 Å². The van der Waals surface area contributed by atoms with E-state index in [4.69, 9.17) is 47.4 Å². The lowest BCUT2D eigenvalue weighted by atomic mass is 9.81. The number of rotatable bonds is 18. The molecular formula is C44H64O24. The molecule has 5 rings (SSSR count). The summed E-state index contributed by atoms with van der Waals surface area (Å²) in [5.74, 6) is -8.16. The Balaban J connectivity index is 1.29. The number of carbonyl (C=O) groups excluding carboxylic acids is 4. The molecule has 1 aliphatic carbocycles. The zero-order valence-electron chi connectivity index (χ0n) is 38.1. The molecule has 4 heterocycles. The second-order valence-corrected chi connectivity index (χ2v) is 17.1. The maximum Gasteiger partial charge on any atom is 0.337 e. The topological polar surface area (TPSA) is 363 Å². The first-order chi connectivity index (χ1) is 32.4. The first-order valence-electron chi connectivity index (χ1n) is 22.1. The molecule has 384 valence electrons. The van der Waals surface area contributed by atoms with Crippen LogP contribution in [0, 0.1) is 35.5 Å². The van der Waals surface area contributed by atoms with Crippen LogP contribution in [0.4, 0.5) is 0 Å². The molecule has 24 heteroatoms. The molecule has 4 aliphatic heterocycles. The average Bonchev–Trinajstić information content (AvgIpc) is 3.63. The van der Waals surface area contributed by atoms with E-state index in [1.165, 1.54) is 12.2 Å². The summed E-state index contributed by atoms with van der Waals surface area (Å²) >= 11 is 0.